The average molecular weight is 556 g/mol. The second kappa shape index (κ2) is 8.65. The summed E-state index contributed by atoms with van der Waals surface area (Å²) in [5, 5.41) is 2.71. The molecular formula is C22H24Br2N2O5. The van der Waals surface area contributed by atoms with Gasteiger partial charge in [0.1, 0.15) is 0 Å². The second-order valence-electron chi connectivity index (χ2n) is 8.61. The van der Waals surface area contributed by atoms with Gasteiger partial charge in [-0.2, -0.15) is 0 Å². The van der Waals surface area contributed by atoms with E-state index in [1.54, 1.807) is 6.07 Å². The third-order valence-electron chi connectivity index (χ3n) is 6.64. The maximum absolute atomic E-state index is 12.8. The zero-order chi connectivity index (χ0) is 22.4. The van der Waals surface area contributed by atoms with E-state index in [4.69, 9.17) is 4.74 Å². The summed E-state index contributed by atoms with van der Waals surface area (Å²) in [6, 6.07) is 5.63. The van der Waals surface area contributed by atoms with Crippen LogP contribution in [0.2, 0.25) is 0 Å². The number of halogens is 2. The number of fused-ring (bicyclic) bond motifs is 5. The van der Waals surface area contributed by atoms with Crippen LogP contribution in [0, 0.1) is 37.5 Å². The topological polar surface area (TPSA) is 92.8 Å². The second-order valence-corrected chi connectivity index (χ2v) is 10.7. The third kappa shape index (κ3) is 4.06. The highest BCUT2D eigenvalue weighted by Gasteiger charge is 2.66. The van der Waals surface area contributed by atoms with Crippen molar-refractivity contribution < 1.29 is 23.9 Å². The number of carbonyl (C=O) groups is 4. The zero-order valence-electron chi connectivity index (χ0n) is 17.3. The molecule has 1 N–H and O–H groups in total. The van der Waals surface area contributed by atoms with Crippen LogP contribution in [0.3, 0.4) is 0 Å². The molecule has 2 aliphatic carbocycles. The number of nitrogens with one attached hydrogen (secondary N) is 1. The minimum absolute atomic E-state index is 0.0124. The smallest absolute Gasteiger partial charge is 0.308 e. The van der Waals surface area contributed by atoms with Crippen molar-refractivity contribution in [2.45, 2.75) is 36.3 Å². The van der Waals surface area contributed by atoms with E-state index in [9.17, 15) is 19.2 Å². The van der Waals surface area contributed by atoms with E-state index in [0.29, 0.717) is 5.69 Å². The highest BCUT2D eigenvalue weighted by atomic mass is 79.9. The van der Waals surface area contributed by atoms with Crippen molar-refractivity contribution in [3.63, 3.8) is 0 Å². The van der Waals surface area contributed by atoms with Crippen LogP contribution < -0.4 is 5.32 Å². The standard InChI is InChI=1S/C22H24Br2N2O5/c1-10-3-4-14(11(2)7-10)25-15(27)9-31-16(28)5-6-26-21(29)17-12-8-13(18(17)22(26)30)20(24)19(12)23/h3-4,7,12-13,17-20H,5-6,8-9H2,1-2H3,(H,25,27)/t12-,13-,17-,18-,19-,20+/m1/s1. The Bertz CT molecular complexity index is 920. The normalized spacial score (nSPS) is 31.2. The van der Waals surface area contributed by atoms with Crippen molar-refractivity contribution in [3.8, 4) is 0 Å². The molecule has 3 aliphatic rings. The number of alkyl halides is 2. The van der Waals surface area contributed by atoms with Crippen LogP contribution in [0.5, 0.6) is 0 Å². The molecule has 2 bridgehead atoms. The first-order valence-electron chi connectivity index (χ1n) is 10.3. The van der Waals surface area contributed by atoms with Gasteiger partial charge >= 0.3 is 5.97 Å². The lowest BCUT2D eigenvalue weighted by molar-refractivity contribution is -0.149. The Morgan fingerprint density at radius 3 is 2.29 bits per heavy atom. The van der Waals surface area contributed by atoms with Gasteiger partial charge in [-0.15, -0.1) is 0 Å². The number of ether oxygens (including phenoxy) is 1. The molecule has 1 aromatic rings. The molecule has 0 radical (unpaired) electrons. The fraction of sp³-hybridized carbons (Fsp3) is 0.545. The van der Waals surface area contributed by atoms with E-state index in [1.165, 1.54) is 4.90 Å². The van der Waals surface area contributed by atoms with Gasteiger partial charge in [-0.05, 0) is 43.7 Å². The Labute approximate surface area is 197 Å². The van der Waals surface area contributed by atoms with Crippen LogP contribution in [0.1, 0.15) is 24.0 Å². The number of imide groups is 1. The molecule has 3 fully saturated rings. The van der Waals surface area contributed by atoms with Gasteiger partial charge in [0.2, 0.25) is 11.8 Å². The van der Waals surface area contributed by atoms with Crippen LogP contribution >= 0.6 is 31.9 Å². The van der Waals surface area contributed by atoms with Crippen LogP contribution in [0.4, 0.5) is 5.69 Å². The quantitative estimate of drug-likeness (QED) is 0.331. The number of amides is 3. The number of likely N-dealkylation sites (tertiary alicyclic amines) is 1. The maximum atomic E-state index is 12.8. The number of hydrogen-bond acceptors (Lipinski definition) is 5. The summed E-state index contributed by atoms with van der Waals surface area (Å²) in [5.74, 6) is -1.74. The Balaban J connectivity index is 1.26. The Morgan fingerprint density at radius 2 is 1.71 bits per heavy atom. The summed E-state index contributed by atoms with van der Waals surface area (Å²) >= 11 is 7.30. The van der Waals surface area contributed by atoms with E-state index in [-0.39, 0.29) is 58.1 Å². The number of carbonyl (C=O) groups excluding carboxylic acids is 4. The van der Waals surface area contributed by atoms with Crippen LogP contribution in [0.25, 0.3) is 0 Å². The number of benzene rings is 1. The number of anilines is 1. The predicted molar refractivity (Wildman–Crippen MR) is 121 cm³/mol. The monoisotopic (exact) mass is 554 g/mol. The summed E-state index contributed by atoms with van der Waals surface area (Å²) in [4.78, 5) is 51.4. The van der Waals surface area contributed by atoms with E-state index in [2.05, 4.69) is 37.2 Å². The number of hydrogen-bond donors (Lipinski definition) is 1. The lowest BCUT2D eigenvalue weighted by Gasteiger charge is -2.28. The minimum Gasteiger partial charge on any atom is -0.456 e. The number of rotatable bonds is 6. The van der Waals surface area contributed by atoms with Gasteiger partial charge in [0.05, 0.1) is 18.3 Å². The fourth-order valence-corrected chi connectivity index (χ4v) is 7.07. The highest BCUT2D eigenvalue weighted by molar-refractivity contribution is 9.12. The van der Waals surface area contributed by atoms with Crippen molar-refractivity contribution in [1.82, 2.24) is 4.90 Å². The zero-order valence-corrected chi connectivity index (χ0v) is 20.4. The minimum atomic E-state index is -0.617. The van der Waals surface area contributed by atoms with Crippen LogP contribution in [-0.2, 0) is 23.9 Å². The molecule has 7 nitrogen and oxygen atoms in total. The molecule has 166 valence electrons. The van der Waals surface area contributed by atoms with E-state index in [0.717, 1.165) is 17.5 Å². The largest absolute Gasteiger partial charge is 0.456 e. The molecule has 4 rings (SSSR count). The van der Waals surface area contributed by atoms with Gasteiger partial charge in [-0.1, -0.05) is 49.6 Å². The SMILES string of the molecule is Cc1ccc(NC(=O)COC(=O)CCN2C(=O)[C@@H]3[C@H]4C[C@@H]([C@@H](Br)[C@H]4Br)[C@H]3C2=O)c(C)c1. The molecule has 3 amide bonds. The summed E-state index contributed by atoms with van der Waals surface area (Å²) in [7, 11) is 0. The molecule has 1 aromatic carbocycles. The van der Waals surface area contributed by atoms with Crippen molar-refractivity contribution in [3.05, 3.63) is 29.3 Å². The van der Waals surface area contributed by atoms with E-state index < -0.39 is 18.5 Å². The first-order chi connectivity index (χ1) is 14.7. The first kappa shape index (κ1) is 22.5. The lowest BCUT2D eigenvalue weighted by atomic mass is 9.81. The summed E-state index contributed by atoms with van der Waals surface area (Å²) in [6.07, 6.45) is 0.739. The molecule has 0 aromatic heterocycles. The van der Waals surface area contributed by atoms with E-state index in [1.807, 2.05) is 26.0 Å². The summed E-state index contributed by atoms with van der Waals surface area (Å²) in [6.45, 7) is 3.42. The maximum Gasteiger partial charge on any atom is 0.308 e. The molecule has 9 heteroatoms. The molecule has 1 aliphatic heterocycles. The van der Waals surface area contributed by atoms with Gasteiger partial charge in [0.25, 0.3) is 5.91 Å². The molecule has 31 heavy (non-hydrogen) atoms. The van der Waals surface area contributed by atoms with Gasteiger partial charge in [0.15, 0.2) is 6.61 Å². The van der Waals surface area contributed by atoms with Crippen molar-refractivity contribution in [2.24, 2.45) is 23.7 Å². The lowest BCUT2D eigenvalue weighted by Crippen LogP contribution is -2.37. The van der Waals surface area contributed by atoms with Crippen molar-refractivity contribution in [1.29, 1.82) is 0 Å². The molecule has 2 saturated carbocycles. The van der Waals surface area contributed by atoms with Crippen molar-refractivity contribution >= 4 is 61.2 Å². The van der Waals surface area contributed by atoms with Gasteiger partial charge in [-0.25, -0.2) is 0 Å². The molecule has 1 heterocycles. The molecule has 0 spiro atoms. The van der Waals surface area contributed by atoms with Crippen molar-refractivity contribution in [2.75, 3.05) is 18.5 Å². The third-order valence-corrected chi connectivity index (χ3v) is 9.84. The van der Waals surface area contributed by atoms with Gasteiger partial charge in [-0.3, -0.25) is 24.1 Å². The number of esters is 1. The Morgan fingerprint density at radius 1 is 1.10 bits per heavy atom. The molecular weight excluding hydrogens is 532 g/mol. The Hall–Kier alpha value is -1.74. The van der Waals surface area contributed by atoms with Gasteiger partial charge < -0.3 is 10.1 Å². The van der Waals surface area contributed by atoms with Crippen LogP contribution in [0.15, 0.2) is 18.2 Å². The first-order valence-corrected chi connectivity index (χ1v) is 12.2. The molecule has 1 saturated heterocycles. The number of aryl methyl sites for hydroxylation is 2. The van der Waals surface area contributed by atoms with Crippen LogP contribution in [-0.4, -0.2) is 51.4 Å². The highest BCUT2D eigenvalue weighted by Crippen LogP contribution is 2.60. The number of nitrogens with zero attached hydrogens (tertiary/aromatic N) is 1. The summed E-state index contributed by atoms with van der Waals surface area (Å²) < 4.78 is 5.04. The molecule has 0 unspecified atom stereocenters. The van der Waals surface area contributed by atoms with Gasteiger partial charge in [0, 0.05) is 21.9 Å². The Kier molecular flexibility index (Phi) is 6.27. The molecule has 6 atom stereocenters. The summed E-state index contributed by atoms with van der Waals surface area (Å²) in [5.41, 5.74) is 2.67. The fourth-order valence-electron chi connectivity index (χ4n) is 5.19. The predicted octanol–water partition coefficient (Wildman–Crippen LogP) is 2.95. The average Bonchev–Trinajstić information content (AvgIpc) is 3.32. The van der Waals surface area contributed by atoms with E-state index >= 15 is 0 Å².